The highest BCUT2D eigenvalue weighted by molar-refractivity contribution is 5.84. The summed E-state index contributed by atoms with van der Waals surface area (Å²) in [7, 11) is 4.08. The second kappa shape index (κ2) is 5.88. The minimum Gasteiger partial charge on any atom is -0.306 e. The van der Waals surface area contributed by atoms with Crippen molar-refractivity contribution in [2.45, 2.75) is 18.9 Å². The quantitative estimate of drug-likeness (QED) is 0.558. The van der Waals surface area contributed by atoms with Gasteiger partial charge in [-0.3, -0.25) is 4.68 Å². The Balaban J connectivity index is 1.51. The third-order valence-corrected chi connectivity index (χ3v) is 5.37. The molecule has 0 saturated carbocycles. The lowest BCUT2D eigenvalue weighted by molar-refractivity contribution is 0.215. The summed E-state index contributed by atoms with van der Waals surface area (Å²) in [5.41, 5.74) is 3.96. The number of likely N-dealkylation sites (tertiary alicyclic amines) is 1. The second-order valence-electron chi connectivity index (χ2n) is 7.17. The summed E-state index contributed by atoms with van der Waals surface area (Å²) in [5, 5.41) is 11.0. The van der Waals surface area contributed by atoms with Crippen molar-refractivity contribution in [2.24, 2.45) is 7.05 Å². The first-order valence-electron chi connectivity index (χ1n) is 8.99. The summed E-state index contributed by atoms with van der Waals surface area (Å²) in [4.78, 5) is 11.6. The number of aryl methyl sites for hydroxylation is 1. The van der Waals surface area contributed by atoms with Crippen molar-refractivity contribution < 1.29 is 0 Å². The van der Waals surface area contributed by atoms with Gasteiger partial charge in [-0.2, -0.15) is 10.2 Å². The standard InChI is InChI=1S/C19H21N7/c1-24-5-3-17(4-6-24)26-19-16(12-23-26)8-14(10-21-19)13-7-15-11-22-25(2)18(15)20-9-13/h7-12,17H,3-6H2,1-2H3. The molecule has 0 bridgehead atoms. The first-order chi connectivity index (χ1) is 12.7. The molecule has 26 heavy (non-hydrogen) atoms. The number of rotatable bonds is 2. The smallest absolute Gasteiger partial charge is 0.158 e. The third kappa shape index (κ3) is 2.47. The predicted octanol–water partition coefficient (Wildman–Crippen LogP) is 2.65. The van der Waals surface area contributed by atoms with Crippen molar-refractivity contribution in [1.29, 1.82) is 0 Å². The summed E-state index contributed by atoms with van der Waals surface area (Å²) in [6.45, 7) is 2.22. The monoisotopic (exact) mass is 347 g/mol. The molecule has 1 aliphatic rings. The SMILES string of the molecule is CN1CCC(n2ncc3cc(-c4cnc5c(cnn5C)c4)cnc32)CC1. The molecular formula is C19H21N7. The van der Waals surface area contributed by atoms with Crippen molar-refractivity contribution in [3.8, 4) is 11.1 Å². The van der Waals surface area contributed by atoms with Crippen LogP contribution in [-0.2, 0) is 7.05 Å². The highest BCUT2D eigenvalue weighted by atomic mass is 15.3. The molecular weight excluding hydrogens is 326 g/mol. The second-order valence-corrected chi connectivity index (χ2v) is 7.17. The van der Waals surface area contributed by atoms with Gasteiger partial charge in [-0.1, -0.05) is 0 Å². The number of nitrogens with zero attached hydrogens (tertiary/aromatic N) is 7. The van der Waals surface area contributed by atoms with E-state index in [1.165, 1.54) is 0 Å². The van der Waals surface area contributed by atoms with Crippen LogP contribution in [0.2, 0.25) is 0 Å². The first kappa shape index (κ1) is 15.5. The Bertz CT molecular complexity index is 1090. The van der Waals surface area contributed by atoms with E-state index in [-0.39, 0.29) is 0 Å². The van der Waals surface area contributed by atoms with E-state index < -0.39 is 0 Å². The summed E-state index contributed by atoms with van der Waals surface area (Å²) in [6.07, 6.45) is 9.83. The van der Waals surface area contributed by atoms with Gasteiger partial charge < -0.3 is 4.90 Å². The zero-order valence-corrected chi connectivity index (χ0v) is 15.0. The predicted molar refractivity (Wildman–Crippen MR) is 101 cm³/mol. The van der Waals surface area contributed by atoms with Crippen LogP contribution < -0.4 is 0 Å². The number of hydrogen-bond acceptors (Lipinski definition) is 5. The van der Waals surface area contributed by atoms with Crippen molar-refractivity contribution >= 4 is 22.1 Å². The molecule has 1 aliphatic heterocycles. The molecule has 5 rings (SSSR count). The van der Waals surface area contributed by atoms with E-state index in [2.05, 4.69) is 43.9 Å². The average Bonchev–Trinajstić information content (AvgIpc) is 3.25. The van der Waals surface area contributed by atoms with Gasteiger partial charge in [-0.15, -0.1) is 0 Å². The highest BCUT2D eigenvalue weighted by Gasteiger charge is 2.21. The van der Waals surface area contributed by atoms with Crippen LogP contribution in [0.15, 0.2) is 36.9 Å². The highest BCUT2D eigenvalue weighted by Crippen LogP contribution is 2.28. The van der Waals surface area contributed by atoms with Crippen LogP contribution in [0.4, 0.5) is 0 Å². The molecule has 132 valence electrons. The van der Waals surface area contributed by atoms with E-state index >= 15 is 0 Å². The van der Waals surface area contributed by atoms with Gasteiger partial charge in [0.15, 0.2) is 11.3 Å². The Morgan fingerprint density at radius 3 is 2.15 bits per heavy atom. The molecule has 7 nitrogen and oxygen atoms in total. The van der Waals surface area contributed by atoms with Gasteiger partial charge in [0.1, 0.15) is 0 Å². The van der Waals surface area contributed by atoms with E-state index in [4.69, 9.17) is 4.98 Å². The lowest BCUT2D eigenvalue weighted by atomic mass is 10.1. The molecule has 0 atom stereocenters. The number of fused-ring (bicyclic) bond motifs is 2. The van der Waals surface area contributed by atoms with Crippen LogP contribution in [0.1, 0.15) is 18.9 Å². The van der Waals surface area contributed by atoms with Crippen LogP contribution in [0.5, 0.6) is 0 Å². The Hall–Kier alpha value is -2.80. The zero-order chi connectivity index (χ0) is 17.7. The Kier molecular flexibility index (Phi) is 3.49. The largest absolute Gasteiger partial charge is 0.306 e. The van der Waals surface area contributed by atoms with Gasteiger partial charge in [-0.05, 0) is 45.1 Å². The molecule has 7 heteroatoms. The maximum atomic E-state index is 4.74. The van der Waals surface area contributed by atoms with Gasteiger partial charge in [0.05, 0.1) is 18.4 Å². The molecule has 0 radical (unpaired) electrons. The van der Waals surface area contributed by atoms with E-state index in [1.54, 1.807) is 4.68 Å². The number of pyridine rings is 2. The van der Waals surface area contributed by atoms with E-state index in [0.717, 1.165) is 59.1 Å². The fourth-order valence-electron chi connectivity index (χ4n) is 3.81. The Morgan fingerprint density at radius 1 is 0.808 bits per heavy atom. The fourth-order valence-corrected chi connectivity index (χ4v) is 3.81. The molecule has 4 aromatic heterocycles. The number of piperidine rings is 1. The molecule has 0 aromatic carbocycles. The lowest BCUT2D eigenvalue weighted by Crippen LogP contribution is -2.31. The fraction of sp³-hybridized carbons (Fsp3) is 0.368. The van der Waals surface area contributed by atoms with Gasteiger partial charge in [0.25, 0.3) is 0 Å². The maximum Gasteiger partial charge on any atom is 0.158 e. The molecule has 1 saturated heterocycles. The summed E-state index contributed by atoms with van der Waals surface area (Å²) >= 11 is 0. The molecule has 0 N–H and O–H groups in total. The van der Waals surface area contributed by atoms with Crippen molar-refractivity contribution in [2.75, 3.05) is 20.1 Å². The van der Waals surface area contributed by atoms with Crippen LogP contribution in [0, 0.1) is 0 Å². The minimum atomic E-state index is 0.440. The minimum absolute atomic E-state index is 0.440. The number of hydrogen-bond donors (Lipinski definition) is 0. The Labute approximate surface area is 151 Å². The van der Waals surface area contributed by atoms with Gasteiger partial charge in [0.2, 0.25) is 0 Å². The van der Waals surface area contributed by atoms with E-state index in [1.807, 2.05) is 31.8 Å². The van der Waals surface area contributed by atoms with E-state index in [0.29, 0.717) is 6.04 Å². The lowest BCUT2D eigenvalue weighted by Gasteiger charge is -2.29. The first-order valence-corrected chi connectivity index (χ1v) is 8.99. The van der Waals surface area contributed by atoms with Gasteiger partial charge in [0, 0.05) is 41.3 Å². The molecule has 4 aromatic rings. The van der Waals surface area contributed by atoms with Crippen LogP contribution >= 0.6 is 0 Å². The van der Waals surface area contributed by atoms with Gasteiger partial charge in [-0.25, -0.2) is 14.6 Å². The average molecular weight is 347 g/mol. The molecule has 0 aliphatic carbocycles. The molecule has 0 unspecified atom stereocenters. The molecule has 1 fully saturated rings. The summed E-state index contributed by atoms with van der Waals surface area (Å²) in [6, 6.07) is 4.70. The molecule has 0 amide bonds. The summed E-state index contributed by atoms with van der Waals surface area (Å²) < 4.78 is 3.89. The maximum absolute atomic E-state index is 4.74. The van der Waals surface area contributed by atoms with Crippen LogP contribution in [0.3, 0.4) is 0 Å². The zero-order valence-electron chi connectivity index (χ0n) is 15.0. The normalized spacial score (nSPS) is 16.7. The van der Waals surface area contributed by atoms with Crippen molar-refractivity contribution in [3.63, 3.8) is 0 Å². The molecule has 5 heterocycles. The van der Waals surface area contributed by atoms with E-state index in [9.17, 15) is 0 Å². The van der Waals surface area contributed by atoms with Gasteiger partial charge >= 0.3 is 0 Å². The topological polar surface area (TPSA) is 64.7 Å². The summed E-state index contributed by atoms with van der Waals surface area (Å²) in [5.74, 6) is 0. The van der Waals surface area contributed by atoms with Crippen molar-refractivity contribution in [1.82, 2.24) is 34.4 Å². The van der Waals surface area contributed by atoms with Crippen molar-refractivity contribution in [3.05, 3.63) is 36.9 Å². The van der Waals surface area contributed by atoms with Crippen LogP contribution in [0.25, 0.3) is 33.2 Å². The molecule has 0 spiro atoms. The van der Waals surface area contributed by atoms with Crippen LogP contribution in [-0.4, -0.2) is 54.6 Å². The number of aromatic nitrogens is 6. The Morgan fingerprint density at radius 2 is 1.42 bits per heavy atom. The third-order valence-electron chi connectivity index (χ3n) is 5.37.